The van der Waals surface area contributed by atoms with Crippen molar-refractivity contribution in [2.45, 2.75) is 4.90 Å². The number of halogens is 2. The van der Waals surface area contributed by atoms with E-state index in [-0.39, 0.29) is 4.90 Å². The van der Waals surface area contributed by atoms with Crippen LogP contribution in [0.5, 0.6) is 0 Å². The molecule has 7 heteroatoms. The van der Waals surface area contributed by atoms with Crippen LogP contribution in [0.3, 0.4) is 0 Å². The molecule has 2 rings (SSSR count). The van der Waals surface area contributed by atoms with Gasteiger partial charge in [0.25, 0.3) is 0 Å². The van der Waals surface area contributed by atoms with Gasteiger partial charge >= 0.3 is 0 Å². The number of rotatable bonds is 4. The van der Waals surface area contributed by atoms with Crippen LogP contribution < -0.4 is 3.71 Å². The monoisotopic (exact) mass is 315 g/mol. The van der Waals surface area contributed by atoms with E-state index in [0.717, 1.165) is 16.0 Å². The van der Waals surface area contributed by atoms with Crippen molar-refractivity contribution in [3.8, 4) is 0 Å². The molecule has 0 aromatic heterocycles. The lowest BCUT2D eigenvalue weighted by molar-refractivity contribution is 0.566. The highest BCUT2D eigenvalue weighted by molar-refractivity contribution is 8.14. The van der Waals surface area contributed by atoms with Crippen LogP contribution >= 0.6 is 11.9 Å². The van der Waals surface area contributed by atoms with Gasteiger partial charge in [0.05, 0.1) is 16.8 Å². The predicted molar refractivity (Wildman–Crippen MR) is 76.0 cm³/mol. The van der Waals surface area contributed by atoms with Crippen molar-refractivity contribution in [2.24, 2.45) is 0 Å². The van der Waals surface area contributed by atoms with Gasteiger partial charge in [0.1, 0.15) is 11.6 Å². The third-order valence-corrected chi connectivity index (χ3v) is 5.10. The molecular formula is C13H11F2NO2S2. The Morgan fingerprint density at radius 3 is 2.25 bits per heavy atom. The van der Waals surface area contributed by atoms with Gasteiger partial charge in [-0.2, -0.15) is 0 Å². The molecule has 0 unspecified atom stereocenters. The Kier molecular flexibility index (Phi) is 4.29. The number of hydrogen-bond donors (Lipinski definition) is 0. The summed E-state index contributed by atoms with van der Waals surface area (Å²) < 4.78 is 51.1. The van der Waals surface area contributed by atoms with E-state index in [2.05, 4.69) is 0 Å². The van der Waals surface area contributed by atoms with E-state index in [1.165, 1.54) is 6.07 Å². The van der Waals surface area contributed by atoms with E-state index >= 15 is 0 Å². The highest BCUT2D eigenvalue weighted by Gasteiger charge is 2.20. The average Bonchev–Trinajstić information content (AvgIpc) is 2.37. The van der Waals surface area contributed by atoms with Crippen molar-refractivity contribution < 1.29 is 17.2 Å². The number of anilines is 1. The van der Waals surface area contributed by atoms with Crippen LogP contribution in [0.2, 0.25) is 0 Å². The Morgan fingerprint density at radius 1 is 1.05 bits per heavy atom. The largest absolute Gasteiger partial charge is 0.242 e. The summed E-state index contributed by atoms with van der Waals surface area (Å²) in [6.07, 6.45) is 1.02. The fraction of sp³-hybridized carbons (Fsp3) is 0.0769. The molecule has 0 aliphatic carbocycles. The van der Waals surface area contributed by atoms with Crippen molar-refractivity contribution in [1.82, 2.24) is 0 Å². The minimum absolute atomic E-state index is 0.0284. The molecule has 0 heterocycles. The third-order valence-electron chi connectivity index (χ3n) is 2.34. The number of para-hydroxylation sites is 1. The van der Waals surface area contributed by atoms with E-state index < -0.39 is 21.7 Å². The standard InChI is InChI=1S/C13H11F2NO2S2/c1-20(17,18)16(11-5-3-2-4-6-11)19-13-8-7-10(14)9-12(13)15/h2-9H,1H3. The second kappa shape index (κ2) is 5.80. The Bertz CT molecular complexity index is 706. The molecule has 0 aliphatic heterocycles. The Labute approximate surface area is 120 Å². The van der Waals surface area contributed by atoms with Crippen LogP contribution in [0.1, 0.15) is 0 Å². The van der Waals surface area contributed by atoms with Gasteiger partial charge in [-0.1, -0.05) is 18.2 Å². The van der Waals surface area contributed by atoms with Crippen LogP contribution in [0, 0.1) is 11.6 Å². The van der Waals surface area contributed by atoms with Crippen LogP contribution in [0.25, 0.3) is 0 Å². The molecule has 2 aromatic carbocycles. The molecule has 0 amide bonds. The fourth-order valence-electron chi connectivity index (χ4n) is 1.50. The number of hydrogen-bond acceptors (Lipinski definition) is 3. The van der Waals surface area contributed by atoms with Crippen LogP contribution in [-0.2, 0) is 10.0 Å². The molecule has 0 spiro atoms. The van der Waals surface area contributed by atoms with Crippen molar-refractivity contribution in [1.29, 1.82) is 0 Å². The third kappa shape index (κ3) is 3.49. The molecule has 0 N–H and O–H groups in total. The molecular weight excluding hydrogens is 304 g/mol. The fourth-order valence-corrected chi connectivity index (χ4v) is 3.47. The molecule has 3 nitrogen and oxygen atoms in total. The minimum Gasteiger partial charge on any atom is -0.207 e. The molecule has 0 bridgehead atoms. The highest BCUT2D eigenvalue weighted by Crippen LogP contribution is 2.32. The maximum atomic E-state index is 13.6. The number of benzene rings is 2. The molecule has 2 aromatic rings. The predicted octanol–water partition coefficient (Wildman–Crippen LogP) is 3.44. The first-order valence-electron chi connectivity index (χ1n) is 5.56. The first kappa shape index (κ1) is 14.8. The van der Waals surface area contributed by atoms with E-state index in [1.54, 1.807) is 30.3 Å². The quantitative estimate of drug-likeness (QED) is 0.811. The second-order valence-corrected chi connectivity index (χ2v) is 7.04. The maximum Gasteiger partial charge on any atom is 0.242 e. The number of sulfonamides is 1. The van der Waals surface area contributed by atoms with Gasteiger partial charge in [0.15, 0.2) is 0 Å². The SMILES string of the molecule is CS(=O)(=O)N(Sc1ccc(F)cc1F)c1ccccc1. The summed E-state index contributed by atoms with van der Waals surface area (Å²) in [4.78, 5) is 0.0284. The zero-order valence-electron chi connectivity index (χ0n) is 10.5. The molecule has 0 atom stereocenters. The van der Waals surface area contributed by atoms with Gasteiger partial charge in [-0.05, 0) is 24.3 Å². The van der Waals surface area contributed by atoms with Crippen molar-refractivity contribution in [3.63, 3.8) is 0 Å². The van der Waals surface area contributed by atoms with Gasteiger partial charge < -0.3 is 0 Å². The smallest absolute Gasteiger partial charge is 0.207 e. The molecule has 0 saturated carbocycles. The first-order chi connectivity index (χ1) is 9.38. The molecule has 0 fully saturated rings. The van der Waals surface area contributed by atoms with Crippen LogP contribution in [-0.4, -0.2) is 14.7 Å². The van der Waals surface area contributed by atoms with Crippen LogP contribution in [0.15, 0.2) is 53.4 Å². The Balaban J connectivity index is 2.40. The molecule has 20 heavy (non-hydrogen) atoms. The topological polar surface area (TPSA) is 37.4 Å². The lowest BCUT2D eigenvalue weighted by Gasteiger charge is -2.20. The number of nitrogens with zero attached hydrogens (tertiary/aromatic N) is 1. The lowest BCUT2D eigenvalue weighted by atomic mass is 10.3. The highest BCUT2D eigenvalue weighted by atomic mass is 32.3. The maximum absolute atomic E-state index is 13.6. The van der Waals surface area contributed by atoms with E-state index in [9.17, 15) is 17.2 Å². The zero-order valence-corrected chi connectivity index (χ0v) is 12.1. The van der Waals surface area contributed by atoms with Crippen LogP contribution in [0.4, 0.5) is 14.5 Å². The van der Waals surface area contributed by atoms with Crippen molar-refractivity contribution >= 4 is 27.7 Å². The summed E-state index contributed by atoms with van der Waals surface area (Å²) in [6, 6.07) is 11.3. The molecule has 0 radical (unpaired) electrons. The van der Waals surface area contributed by atoms with E-state index in [0.29, 0.717) is 23.7 Å². The second-order valence-electron chi connectivity index (χ2n) is 3.99. The summed E-state index contributed by atoms with van der Waals surface area (Å²) in [6.45, 7) is 0. The van der Waals surface area contributed by atoms with Gasteiger partial charge in [0, 0.05) is 18.0 Å². The zero-order chi connectivity index (χ0) is 14.8. The molecule has 0 aliphatic rings. The normalized spacial score (nSPS) is 11.3. The Hall–Kier alpha value is -1.60. The molecule has 0 saturated heterocycles. The summed E-state index contributed by atoms with van der Waals surface area (Å²) in [5, 5.41) is 0. The van der Waals surface area contributed by atoms with E-state index in [4.69, 9.17) is 0 Å². The van der Waals surface area contributed by atoms with Gasteiger partial charge in [-0.3, -0.25) is 0 Å². The first-order valence-corrected chi connectivity index (χ1v) is 8.18. The minimum atomic E-state index is -3.61. The Morgan fingerprint density at radius 2 is 1.70 bits per heavy atom. The summed E-state index contributed by atoms with van der Waals surface area (Å²) in [5.74, 6) is -1.52. The average molecular weight is 315 g/mol. The van der Waals surface area contributed by atoms with E-state index in [1.807, 2.05) is 0 Å². The summed E-state index contributed by atoms with van der Waals surface area (Å²) in [7, 11) is -3.61. The van der Waals surface area contributed by atoms with Gasteiger partial charge in [-0.15, -0.1) is 0 Å². The summed E-state index contributed by atoms with van der Waals surface area (Å²) in [5.41, 5.74) is 0.392. The lowest BCUT2D eigenvalue weighted by Crippen LogP contribution is -2.22. The van der Waals surface area contributed by atoms with Crippen molar-refractivity contribution in [3.05, 3.63) is 60.2 Å². The van der Waals surface area contributed by atoms with Gasteiger partial charge in [0.2, 0.25) is 10.0 Å². The molecule has 106 valence electrons. The summed E-state index contributed by atoms with van der Waals surface area (Å²) >= 11 is 0.688. The van der Waals surface area contributed by atoms with Crippen molar-refractivity contribution in [2.75, 3.05) is 9.97 Å². The van der Waals surface area contributed by atoms with Gasteiger partial charge in [-0.25, -0.2) is 20.9 Å².